The van der Waals surface area contributed by atoms with Gasteiger partial charge in [0.2, 0.25) is 0 Å². The number of ether oxygens (including phenoxy) is 1. The Kier molecular flexibility index (Phi) is 7.71. The van der Waals surface area contributed by atoms with Gasteiger partial charge < -0.3 is 14.7 Å². The summed E-state index contributed by atoms with van der Waals surface area (Å²) >= 11 is 11.3. The van der Waals surface area contributed by atoms with Crippen molar-refractivity contribution >= 4 is 65.5 Å². The van der Waals surface area contributed by atoms with Gasteiger partial charge in [0.05, 0.1) is 23.5 Å². The number of thiocarbonyl (C=S) groups is 1. The minimum absolute atomic E-state index is 0.0222. The molecular formula is C12H15Br2N3O4S2. The van der Waals surface area contributed by atoms with Crippen molar-refractivity contribution in [2.45, 2.75) is 13.3 Å². The van der Waals surface area contributed by atoms with Crippen molar-refractivity contribution in [1.29, 1.82) is 0 Å². The van der Waals surface area contributed by atoms with Crippen LogP contribution >= 0.6 is 44.1 Å². The van der Waals surface area contributed by atoms with E-state index >= 15 is 0 Å². The smallest absolute Gasteiger partial charge is 0.309 e. The van der Waals surface area contributed by atoms with Crippen LogP contribution in [0.15, 0.2) is 20.1 Å². The zero-order valence-corrected chi connectivity index (χ0v) is 17.1. The second-order valence-electron chi connectivity index (χ2n) is 4.20. The average Bonchev–Trinajstić information content (AvgIpc) is 2.45. The molecule has 0 heterocycles. The third kappa shape index (κ3) is 5.90. The zero-order chi connectivity index (χ0) is 17.6. The van der Waals surface area contributed by atoms with Crippen LogP contribution in [0.4, 0.5) is 0 Å². The molecule has 0 amide bonds. The Morgan fingerprint density at radius 3 is 2.65 bits per heavy atom. The normalized spacial score (nSPS) is 11.5. The maximum Gasteiger partial charge on any atom is 0.309 e. The van der Waals surface area contributed by atoms with Crippen molar-refractivity contribution in [2.24, 2.45) is 10.8 Å². The SMILES string of the molecule is CCCS(=O)(=O)Oc1c(OC)cc(/C=N/NC(N)=S)c(Br)c1Br. The van der Waals surface area contributed by atoms with E-state index < -0.39 is 10.1 Å². The van der Waals surface area contributed by atoms with E-state index in [1.807, 2.05) is 0 Å². The summed E-state index contributed by atoms with van der Waals surface area (Å²) in [6, 6.07) is 1.57. The minimum Gasteiger partial charge on any atom is -0.493 e. The van der Waals surface area contributed by atoms with Crippen LogP contribution < -0.4 is 20.1 Å². The molecule has 0 aliphatic rings. The first-order chi connectivity index (χ1) is 10.7. The van der Waals surface area contributed by atoms with Gasteiger partial charge >= 0.3 is 10.1 Å². The Labute approximate surface area is 157 Å². The summed E-state index contributed by atoms with van der Waals surface area (Å²) in [7, 11) is -2.30. The van der Waals surface area contributed by atoms with Crippen LogP contribution in [0.5, 0.6) is 11.5 Å². The maximum absolute atomic E-state index is 11.9. The van der Waals surface area contributed by atoms with Crippen LogP contribution in [0.3, 0.4) is 0 Å². The molecular weight excluding hydrogens is 474 g/mol. The second-order valence-corrected chi connectivity index (χ2v) is 7.92. The van der Waals surface area contributed by atoms with Gasteiger partial charge in [-0.05, 0) is 56.6 Å². The van der Waals surface area contributed by atoms with Crippen LogP contribution in [0.1, 0.15) is 18.9 Å². The molecule has 0 saturated carbocycles. The van der Waals surface area contributed by atoms with Gasteiger partial charge in [0.15, 0.2) is 16.6 Å². The molecule has 0 spiro atoms. The summed E-state index contributed by atoms with van der Waals surface area (Å²) in [5.74, 6) is 0.199. The molecule has 1 rings (SSSR count). The summed E-state index contributed by atoms with van der Waals surface area (Å²) in [5.41, 5.74) is 8.29. The van der Waals surface area contributed by atoms with E-state index in [9.17, 15) is 8.42 Å². The van der Waals surface area contributed by atoms with Crippen molar-refractivity contribution in [3.8, 4) is 11.5 Å². The lowest BCUT2D eigenvalue weighted by Crippen LogP contribution is -2.24. The van der Waals surface area contributed by atoms with E-state index in [1.165, 1.54) is 13.3 Å². The van der Waals surface area contributed by atoms with E-state index in [0.717, 1.165) is 0 Å². The fraction of sp³-hybridized carbons (Fsp3) is 0.333. The van der Waals surface area contributed by atoms with Crippen molar-refractivity contribution in [3.05, 3.63) is 20.6 Å². The molecule has 0 radical (unpaired) electrons. The highest BCUT2D eigenvalue weighted by atomic mass is 79.9. The second kappa shape index (κ2) is 8.81. The van der Waals surface area contributed by atoms with Gasteiger partial charge in [-0.25, -0.2) is 0 Å². The van der Waals surface area contributed by atoms with Crippen molar-refractivity contribution in [2.75, 3.05) is 12.9 Å². The molecule has 7 nitrogen and oxygen atoms in total. The minimum atomic E-state index is -3.71. The van der Waals surface area contributed by atoms with Crippen LogP contribution in [0.25, 0.3) is 0 Å². The Morgan fingerprint density at radius 2 is 2.13 bits per heavy atom. The number of nitrogens with one attached hydrogen (secondary N) is 1. The highest BCUT2D eigenvalue weighted by Gasteiger charge is 2.21. The quantitative estimate of drug-likeness (QED) is 0.263. The molecule has 11 heteroatoms. The average molecular weight is 489 g/mol. The number of methoxy groups -OCH3 is 1. The molecule has 0 saturated heterocycles. The molecule has 3 N–H and O–H groups in total. The van der Waals surface area contributed by atoms with E-state index in [-0.39, 0.29) is 22.4 Å². The first kappa shape index (κ1) is 20.1. The van der Waals surface area contributed by atoms with Crippen molar-refractivity contribution < 1.29 is 17.3 Å². The predicted octanol–water partition coefficient (Wildman–Crippen LogP) is 2.51. The molecule has 128 valence electrons. The number of halogens is 2. The number of rotatable bonds is 7. The Hall–Kier alpha value is -0.910. The molecule has 1 aromatic carbocycles. The van der Waals surface area contributed by atoms with Gasteiger partial charge in [0.1, 0.15) is 0 Å². The number of hydrazone groups is 1. The maximum atomic E-state index is 11.9. The lowest BCUT2D eigenvalue weighted by atomic mass is 10.2. The van der Waals surface area contributed by atoms with E-state index in [4.69, 9.17) is 14.7 Å². The number of nitrogens with two attached hydrogens (primary N) is 1. The van der Waals surface area contributed by atoms with Crippen molar-refractivity contribution in [1.82, 2.24) is 5.43 Å². The molecule has 23 heavy (non-hydrogen) atoms. The molecule has 0 bridgehead atoms. The first-order valence-electron chi connectivity index (χ1n) is 6.28. The molecule has 0 fully saturated rings. The Balaban J connectivity index is 3.27. The van der Waals surface area contributed by atoms with Crippen LogP contribution in [-0.2, 0) is 10.1 Å². The van der Waals surface area contributed by atoms with Gasteiger partial charge in [-0.3, -0.25) is 5.43 Å². The highest BCUT2D eigenvalue weighted by Crippen LogP contribution is 2.43. The standard InChI is InChI=1S/C12H15Br2N3O4S2/c1-3-4-23(18,19)21-11-8(20-2)5-7(9(13)10(11)14)6-16-17-12(15)22/h5-6H,3-4H2,1-2H3,(H3,15,17,22)/b16-6+. The third-order valence-corrected chi connectivity index (χ3v) is 5.98. The molecule has 0 unspecified atom stereocenters. The van der Waals surface area contributed by atoms with Gasteiger partial charge in [-0.1, -0.05) is 6.92 Å². The third-order valence-electron chi connectivity index (χ3n) is 2.42. The number of nitrogens with zero attached hydrogens (tertiary/aromatic N) is 1. The summed E-state index contributed by atoms with van der Waals surface area (Å²) in [4.78, 5) is 0. The fourth-order valence-electron chi connectivity index (χ4n) is 1.51. The first-order valence-corrected chi connectivity index (χ1v) is 9.85. The molecule has 0 atom stereocenters. The molecule has 1 aromatic rings. The van der Waals surface area contributed by atoms with Gasteiger partial charge in [-0.15, -0.1) is 0 Å². The number of hydrogen-bond donors (Lipinski definition) is 2. The summed E-state index contributed by atoms with van der Waals surface area (Å²) < 4.78 is 35.0. The largest absolute Gasteiger partial charge is 0.493 e. The van der Waals surface area contributed by atoms with Crippen LogP contribution in [0, 0.1) is 0 Å². The molecule has 0 aliphatic carbocycles. The van der Waals surface area contributed by atoms with E-state index in [0.29, 0.717) is 20.9 Å². The van der Waals surface area contributed by atoms with Gasteiger partial charge in [-0.2, -0.15) is 13.5 Å². The Bertz CT molecular complexity index is 724. The van der Waals surface area contributed by atoms with Crippen LogP contribution in [0.2, 0.25) is 0 Å². The fourth-order valence-corrected chi connectivity index (χ4v) is 3.58. The lowest BCUT2D eigenvalue weighted by Gasteiger charge is -2.14. The summed E-state index contributed by atoms with van der Waals surface area (Å²) in [6.45, 7) is 1.75. The predicted molar refractivity (Wildman–Crippen MR) is 101 cm³/mol. The lowest BCUT2D eigenvalue weighted by molar-refractivity contribution is 0.389. The van der Waals surface area contributed by atoms with E-state index in [2.05, 4.69) is 54.6 Å². The molecule has 0 aromatic heterocycles. The van der Waals surface area contributed by atoms with Gasteiger partial charge in [0, 0.05) is 10.0 Å². The Morgan fingerprint density at radius 1 is 1.48 bits per heavy atom. The topological polar surface area (TPSA) is 103 Å². The number of benzene rings is 1. The monoisotopic (exact) mass is 487 g/mol. The summed E-state index contributed by atoms with van der Waals surface area (Å²) in [6.07, 6.45) is 1.89. The highest BCUT2D eigenvalue weighted by molar-refractivity contribution is 9.13. The zero-order valence-electron chi connectivity index (χ0n) is 12.3. The van der Waals surface area contributed by atoms with Crippen LogP contribution in [-0.4, -0.2) is 32.6 Å². The van der Waals surface area contributed by atoms with Gasteiger partial charge in [0.25, 0.3) is 0 Å². The number of hydrogen-bond acceptors (Lipinski definition) is 6. The van der Waals surface area contributed by atoms with Crippen molar-refractivity contribution in [3.63, 3.8) is 0 Å². The summed E-state index contributed by atoms with van der Waals surface area (Å²) in [5, 5.41) is 3.87. The molecule has 0 aliphatic heterocycles. The van der Waals surface area contributed by atoms with E-state index in [1.54, 1.807) is 13.0 Å².